The number of primary amides is 1. The molecule has 0 unspecified atom stereocenters. The van der Waals surface area contributed by atoms with Crippen LogP contribution in [0.1, 0.15) is 10.5 Å². The number of nitrogens with one attached hydrogen (secondary N) is 1. The van der Waals surface area contributed by atoms with Gasteiger partial charge in [-0.3, -0.25) is 14.3 Å². The number of carbonyl (C=O) groups excluding carboxylic acids is 2. The normalized spacial score (nSPS) is 10.3. The van der Waals surface area contributed by atoms with E-state index in [2.05, 4.69) is 15.6 Å². The first-order valence-electron chi connectivity index (χ1n) is 5.38. The highest BCUT2D eigenvalue weighted by Crippen LogP contribution is 1.92. The molecule has 1 aromatic rings. The second kappa shape index (κ2) is 7.35. The van der Waals surface area contributed by atoms with Gasteiger partial charge in [-0.2, -0.15) is 0 Å². The predicted molar refractivity (Wildman–Crippen MR) is 61.4 cm³/mol. The fourth-order valence-electron chi connectivity index (χ4n) is 1.14. The lowest BCUT2D eigenvalue weighted by Gasteiger charge is -2.02. The third-order valence-corrected chi connectivity index (χ3v) is 1.91. The van der Waals surface area contributed by atoms with Crippen molar-refractivity contribution >= 4 is 11.8 Å². The van der Waals surface area contributed by atoms with Crippen LogP contribution in [-0.2, 0) is 16.1 Å². The zero-order valence-electron chi connectivity index (χ0n) is 9.83. The molecule has 1 heterocycles. The third-order valence-electron chi connectivity index (χ3n) is 1.91. The van der Waals surface area contributed by atoms with Crippen molar-refractivity contribution < 1.29 is 14.3 Å². The number of ether oxygens (including phenoxy) is 1. The summed E-state index contributed by atoms with van der Waals surface area (Å²) in [5, 5.41) is 9.99. The molecule has 0 atom stereocenters. The first kappa shape index (κ1) is 14.1. The number of rotatable bonds is 8. The van der Waals surface area contributed by atoms with Gasteiger partial charge >= 0.3 is 0 Å². The molecular formula is C9H16N6O3. The van der Waals surface area contributed by atoms with Crippen LogP contribution in [0.2, 0.25) is 0 Å². The minimum absolute atomic E-state index is 0.164. The highest BCUT2D eigenvalue weighted by molar-refractivity contribution is 5.91. The molecule has 0 spiro atoms. The summed E-state index contributed by atoms with van der Waals surface area (Å²) in [7, 11) is 0. The van der Waals surface area contributed by atoms with E-state index in [0.717, 1.165) is 0 Å². The van der Waals surface area contributed by atoms with Gasteiger partial charge in [0, 0.05) is 13.1 Å². The summed E-state index contributed by atoms with van der Waals surface area (Å²) in [6, 6.07) is 0. The highest BCUT2D eigenvalue weighted by atomic mass is 16.5. The first-order valence-corrected chi connectivity index (χ1v) is 5.38. The Kier molecular flexibility index (Phi) is 5.74. The maximum absolute atomic E-state index is 11.6. The summed E-state index contributed by atoms with van der Waals surface area (Å²) < 4.78 is 6.36. The first-order chi connectivity index (χ1) is 8.63. The molecule has 0 aliphatic heterocycles. The molecule has 5 N–H and O–H groups in total. The summed E-state index contributed by atoms with van der Waals surface area (Å²) in [5.41, 5.74) is 10.4. The maximum atomic E-state index is 11.6. The van der Waals surface area contributed by atoms with Gasteiger partial charge in [0.15, 0.2) is 5.69 Å². The lowest BCUT2D eigenvalue weighted by Crippen LogP contribution is -2.29. The minimum Gasteiger partial charge on any atom is -0.370 e. The van der Waals surface area contributed by atoms with Gasteiger partial charge in [0.25, 0.3) is 5.91 Å². The van der Waals surface area contributed by atoms with Gasteiger partial charge < -0.3 is 21.5 Å². The number of nitrogens with zero attached hydrogens (tertiary/aromatic N) is 3. The van der Waals surface area contributed by atoms with Crippen LogP contribution in [0.4, 0.5) is 0 Å². The molecule has 0 saturated heterocycles. The summed E-state index contributed by atoms with van der Waals surface area (Å²) in [6.07, 6.45) is 1.51. The Morgan fingerprint density at radius 2 is 2.28 bits per heavy atom. The van der Waals surface area contributed by atoms with Crippen molar-refractivity contribution in [2.24, 2.45) is 11.5 Å². The van der Waals surface area contributed by atoms with Gasteiger partial charge in [-0.05, 0) is 0 Å². The number of nitrogens with two attached hydrogens (primary N) is 2. The Morgan fingerprint density at radius 3 is 2.94 bits per heavy atom. The van der Waals surface area contributed by atoms with Crippen molar-refractivity contribution in [2.75, 3.05) is 26.3 Å². The van der Waals surface area contributed by atoms with Gasteiger partial charge in [0.1, 0.15) is 6.61 Å². The van der Waals surface area contributed by atoms with E-state index >= 15 is 0 Å². The summed E-state index contributed by atoms with van der Waals surface area (Å²) >= 11 is 0. The molecule has 100 valence electrons. The van der Waals surface area contributed by atoms with Crippen molar-refractivity contribution in [3.63, 3.8) is 0 Å². The number of amides is 2. The molecule has 1 aromatic heterocycles. The molecule has 2 amide bonds. The van der Waals surface area contributed by atoms with Crippen LogP contribution in [0.25, 0.3) is 0 Å². The number of hydrogen-bond donors (Lipinski definition) is 3. The second-order valence-corrected chi connectivity index (χ2v) is 3.43. The van der Waals surface area contributed by atoms with E-state index in [1.165, 1.54) is 10.9 Å². The van der Waals surface area contributed by atoms with E-state index in [0.29, 0.717) is 13.1 Å². The minimum atomic E-state index is -0.550. The van der Waals surface area contributed by atoms with Crippen LogP contribution in [0, 0.1) is 0 Å². The monoisotopic (exact) mass is 256 g/mol. The predicted octanol–water partition coefficient (Wildman–Crippen LogP) is -2.53. The molecular weight excluding hydrogens is 240 g/mol. The maximum Gasteiger partial charge on any atom is 0.273 e. The number of aromatic nitrogens is 3. The van der Waals surface area contributed by atoms with Gasteiger partial charge in [-0.1, -0.05) is 5.21 Å². The average Bonchev–Trinajstić information content (AvgIpc) is 2.77. The molecule has 1 rings (SSSR count). The van der Waals surface area contributed by atoms with Gasteiger partial charge in [-0.25, -0.2) is 0 Å². The quantitative estimate of drug-likeness (QED) is 0.438. The topological polar surface area (TPSA) is 138 Å². The largest absolute Gasteiger partial charge is 0.370 e. The van der Waals surface area contributed by atoms with E-state index in [1.807, 2.05) is 0 Å². The average molecular weight is 256 g/mol. The molecule has 18 heavy (non-hydrogen) atoms. The SMILES string of the molecule is NCCn1cc(C(=O)NCCOCC(N)=O)nn1. The second-order valence-electron chi connectivity index (χ2n) is 3.43. The lowest BCUT2D eigenvalue weighted by molar-refractivity contribution is -0.122. The standard InChI is InChI=1S/C9H16N6O3/c10-1-3-15-5-7(13-14-15)9(17)12-2-4-18-6-8(11)16/h5H,1-4,6,10H2,(H2,11,16)(H,12,17). The van der Waals surface area contributed by atoms with E-state index in [-0.39, 0.29) is 31.4 Å². The fourth-order valence-corrected chi connectivity index (χ4v) is 1.14. The lowest BCUT2D eigenvalue weighted by atomic mass is 10.4. The molecule has 9 heteroatoms. The van der Waals surface area contributed by atoms with Crippen LogP contribution in [0.3, 0.4) is 0 Å². The van der Waals surface area contributed by atoms with Crippen molar-refractivity contribution in [1.82, 2.24) is 20.3 Å². The molecule has 0 aromatic carbocycles. The van der Waals surface area contributed by atoms with E-state index < -0.39 is 5.91 Å². The van der Waals surface area contributed by atoms with Crippen LogP contribution in [0.5, 0.6) is 0 Å². The number of hydrogen-bond acceptors (Lipinski definition) is 6. The zero-order chi connectivity index (χ0) is 13.4. The third kappa shape index (κ3) is 4.89. The van der Waals surface area contributed by atoms with E-state index in [4.69, 9.17) is 16.2 Å². The molecule has 0 saturated carbocycles. The molecule has 0 aliphatic carbocycles. The molecule has 0 radical (unpaired) electrons. The van der Waals surface area contributed by atoms with Crippen molar-refractivity contribution in [1.29, 1.82) is 0 Å². The van der Waals surface area contributed by atoms with Crippen molar-refractivity contribution in [3.05, 3.63) is 11.9 Å². The zero-order valence-corrected chi connectivity index (χ0v) is 9.83. The Morgan fingerprint density at radius 1 is 1.50 bits per heavy atom. The van der Waals surface area contributed by atoms with Crippen LogP contribution in [-0.4, -0.2) is 53.1 Å². The Bertz CT molecular complexity index is 405. The summed E-state index contributed by atoms with van der Waals surface area (Å²) in [6.45, 7) is 1.22. The molecule has 0 fully saturated rings. The van der Waals surface area contributed by atoms with Crippen LogP contribution >= 0.6 is 0 Å². The van der Waals surface area contributed by atoms with E-state index in [9.17, 15) is 9.59 Å². The highest BCUT2D eigenvalue weighted by Gasteiger charge is 2.09. The molecule has 0 bridgehead atoms. The Hall–Kier alpha value is -2.00. The van der Waals surface area contributed by atoms with Gasteiger partial charge in [0.05, 0.1) is 19.3 Å². The fraction of sp³-hybridized carbons (Fsp3) is 0.556. The number of carbonyl (C=O) groups is 2. The molecule has 0 aliphatic rings. The van der Waals surface area contributed by atoms with Gasteiger partial charge in [0.2, 0.25) is 5.91 Å². The molecule has 9 nitrogen and oxygen atoms in total. The van der Waals surface area contributed by atoms with Gasteiger partial charge in [-0.15, -0.1) is 5.10 Å². The Balaban J connectivity index is 2.25. The summed E-state index contributed by atoms with van der Waals surface area (Å²) in [4.78, 5) is 21.9. The Labute approximate surface area is 103 Å². The van der Waals surface area contributed by atoms with Crippen molar-refractivity contribution in [3.8, 4) is 0 Å². The van der Waals surface area contributed by atoms with Crippen molar-refractivity contribution in [2.45, 2.75) is 6.54 Å². The van der Waals surface area contributed by atoms with E-state index in [1.54, 1.807) is 0 Å². The smallest absolute Gasteiger partial charge is 0.273 e. The summed E-state index contributed by atoms with van der Waals surface area (Å²) in [5.74, 6) is -0.910. The van der Waals surface area contributed by atoms with Crippen LogP contribution < -0.4 is 16.8 Å². The van der Waals surface area contributed by atoms with Crippen LogP contribution in [0.15, 0.2) is 6.20 Å².